The molecule has 0 saturated heterocycles. The van der Waals surface area contributed by atoms with Gasteiger partial charge < -0.3 is 5.11 Å². The molecule has 0 aliphatic heterocycles. The van der Waals surface area contributed by atoms with Gasteiger partial charge in [0.15, 0.2) is 0 Å². The van der Waals surface area contributed by atoms with Crippen LogP contribution in [0.1, 0.15) is 49.8 Å². The molecular weight excluding hydrogens is 228 g/mol. The van der Waals surface area contributed by atoms with Crippen molar-refractivity contribution in [2.45, 2.75) is 57.5 Å². The number of aliphatic hydroxyl groups excluding tert-OH is 1. The average molecular weight is 252 g/mol. The van der Waals surface area contributed by atoms with Gasteiger partial charge >= 0.3 is 0 Å². The number of thiophene rings is 1. The van der Waals surface area contributed by atoms with Gasteiger partial charge in [-0.2, -0.15) is 0 Å². The first-order valence-corrected chi connectivity index (χ1v) is 7.52. The highest BCUT2D eigenvalue weighted by Gasteiger charge is 2.04. The lowest BCUT2D eigenvalue weighted by Gasteiger charge is -2.09. The first-order valence-electron chi connectivity index (χ1n) is 6.64. The maximum Gasteiger partial charge on any atom is 0.0540 e. The third-order valence-corrected chi connectivity index (χ3v) is 3.92. The summed E-state index contributed by atoms with van der Waals surface area (Å²) >= 11 is 1.81. The van der Waals surface area contributed by atoms with Crippen LogP contribution >= 0.6 is 11.3 Å². The van der Waals surface area contributed by atoms with Gasteiger partial charge in [-0.3, -0.25) is 0 Å². The Morgan fingerprint density at radius 3 is 2.76 bits per heavy atom. The minimum Gasteiger partial charge on any atom is -0.393 e. The van der Waals surface area contributed by atoms with Crippen molar-refractivity contribution in [2.24, 2.45) is 0 Å². The van der Waals surface area contributed by atoms with E-state index in [2.05, 4.69) is 24.1 Å². The van der Waals surface area contributed by atoms with Gasteiger partial charge in [0, 0.05) is 4.88 Å². The van der Waals surface area contributed by atoms with Crippen LogP contribution in [0.5, 0.6) is 0 Å². The van der Waals surface area contributed by atoms with E-state index in [9.17, 15) is 5.11 Å². The Bertz CT molecular complexity index is 279. The summed E-state index contributed by atoms with van der Waals surface area (Å²) in [5.41, 5.74) is 0. The number of unbranched alkanes of at least 4 members (excludes halogenated alkanes) is 3. The highest BCUT2D eigenvalue weighted by atomic mass is 32.1. The molecule has 0 bridgehead atoms. The second-order valence-corrected chi connectivity index (χ2v) is 5.58. The molecule has 1 heterocycles. The van der Waals surface area contributed by atoms with Crippen LogP contribution in [0.25, 0.3) is 0 Å². The fourth-order valence-electron chi connectivity index (χ4n) is 1.96. The Hall–Kier alpha value is -0.600. The molecule has 0 radical (unpaired) electrons. The van der Waals surface area contributed by atoms with Gasteiger partial charge in [-0.05, 0) is 50.0 Å². The van der Waals surface area contributed by atoms with Crippen molar-refractivity contribution in [3.63, 3.8) is 0 Å². The predicted octanol–water partition coefficient (Wildman–Crippen LogP) is 4.57. The Kier molecular flexibility index (Phi) is 8.02. The zero-order chi connectivity index (χ0) is 12.3. The zero-order valence-corrected chi connectivity index (χ0v) is 11.4. The smallest absolute Gasteiger partial charge is 0.0540 e. The summed E-state index contributed by atoms with van der Waals surface area (Å²) in [6, 6.07) is 4.27. The molecule has 1 aromatic heterocycles. The minimum absolute atomic E-state index is 0.0984. The lowest BCUT2D eigenvalue weighted by atomic mass is 10.0. The van der Waals surface area contributed by atoms with Gasteiger partial charge in [0.2, 0.25) is 0 Å². The Morgan fingerprint density at radius 2 is 2.06 bits per heavy atom. The number of allylic oxidation sites excluding steroid dienone is 1. The highest BCUT2D eigenvalue weighted by Crippen LogP contribution is 2.15. The maximum absolute atomic E-state index is 9.82. The molecule has 17 heavy (non-hydrogen) atoms. The van der Waals surface area contributed by atoms with Crippen LogP contribution in [0.4, 0.5) is 0 Å². The topological polar surface area (TPSA) is 20.2 Å². The van der Waals surface area contributed by atoms with Crippen LogP contribution in [0, 0.1) is 0 Å². The summed E-state index contributed by atoms with van der Waals surface area (Å²) in [7, 11) is 0. The van der Waals surface area contributed by atoms with Crippen LogP contribution in [0.3, 0.4) is 0 Å². The standard InChI is InChI=1S/C15H24OS/c1-2-3-4-5-6-9-14(16)10-7-11-15-12-8-13-17-15/h2,8,12-14,16H,1,3-7,9-11H2. The number of hydrogen-bond acceptors (Lipinski definition) is 2. The average Bonchev–Trinajstić information content (AvgIpc) is 2.82. The lowest BCUT2D eigenvalue weighted by molar-refractivity contribution is 0.148. The van der Waals surface area contributed by atoms with E-state index in [0.29, 0.717) is 0 Å². The summed E-state index contributed by atoms with van der Waals surface area (Å²) in [6.45, 7) is 3.71. The minimum atomic E-state index is -0.0984. The summed E-state index contributed by atoms with van der Waals surface area (Å²) in [5.74, 6) is 0. The van der Waals surface area contributed by atoms with Gasteiger partial charge in [-0.15, -0.1) is 17.9 Å². The molecule has 1 nitrogen and oxygen atoms in total. The molecule has 1 atom stereocenters. The van der Waals surface area contributed by atoms with Crippen molar-refractivity contribution in [1.29, 1.82) is 0 Å². The zero-order valence-electron chi connectivity index (χ0n) is 10.6. The first-order chi connectivity index (χ1) is 8.33. The summed E-state index contributed by atoms with van der Waals surface area (Å²) in [5, 5.41) is 11.9. The van der Waals surface area contributed by atoms with Gasteiger partial charge in [0.25, 0.3) is 0 Å². The molecule has 1 N–H and O–H groups in total. The van der Waals surface area contributed by atoms with Crippen LogP contribution in [0.15, 0.2) is 30.2 Å². The summed E-state index contributed by atoms with van der Waals surface area (Å²) in [6.07, 6.45) is 10.7. The van der Waals surface area contributed by atoms with E-state index in [1.54, 1.807) is 0 Å². The lowest BCUT2D eigenvalue weighted by Crippen LogP contribution is -2.06. The normalized spacial score (nSPS) is 12.5. The van der Waals surface area contributed by atoms with E-state index in [1.807, 2.05) is 17.4 Å². The van der Waals surface area contributed by atoms with Gasteiger partial charge in [0.1, 0.15) is 0 Å². The van der Waals surface area contributed by atoms with Crippen molar-refractivity contribution < 1.29 is 5.11 Å². The van der Waals surface area contributed by atoms with Gasteiger partial charge in [0.05, 0.1) is 6.10 Å². The predicted molar refractivity (Wildman–Crippen MR) is 76.5 cm³/mol. The summed E-state index contributed by atoms with van der Waals surface area (Å²) < 4.78 is 0. The van der Waals surface area contributed by atoms with Crippen LogP contribution in [-0.4, -0.2) is 11.2 Å². The number of aryl methyl sites for hydroxylation is 1. The van der Waals surface area contributed by atoms with Crippen LogP contribution < -0.4 is 0 Å². The van der Waals surface area contributed by atoms with Crippen molar-refractivity contribution in [3.05, 3.63) is 35.0 Å². The molecule has 1 aromatic rings. The molecule has 1 rings (SSSR count). The van der Waals surface area contributed by atoms with Crippen molar-refractivity contribution in [3.8, 4) is 0 Å². The van der Waals surface area contributed by atoms with Gasteiger partial charge in [-0.25, -0.2) is 0 Å². The Morgan fingerprint density at radius 1 is 1.24 bits per heavy atom. The molecule has 0 aromatic carbocycles. The molecule has 0 aliphatic rings. The molecule has 0 saturated carbocycles. The molecular formula is C15H24OS. The molecule has 96 valence electrons. The number of aliphatic hydroxyl groups is 1. The SMILES string of the molecule is C=CCCCCCC(O)CCCc1cccs1. The van der Waals surface area contributed by atoms with E-state index >= 15 is 0 Å². The summed E-state index contributed by atoms with van der Waals surface area (Å²) in [4.78, 5) is 1.43. The largest absolute Gasteiger partial charge is 0.393 e. The van der Waals surface area contributed by atoms with E-state index in [-0.39, 0.29) is 6.10 Å². The second-order valence-electron chi connectivity index (χ2n) is 4.55. The Labute approximate surface area is 109 Å². The quantitative estimate of drug-likeness (QED) is 0.478. The third-order valence-electron chi connectivity index (χ3n) is 2.99. The van der Waals surface area contributed by atoms with Crippen molar-refractivity contribution in [2.75, 3.05) is 0 Å². The molecule has 1 unspecified atom stereocenters. The molecule has 0 fully saturated rings. The second kappa shape index (κ2) is 9.43. The van der Waals surface area contributed by atoms with Crippen molar-refractivity contribution >= 4 is 11.3 Å². The monoisotopic (exact) mass is 252 g/mol. The highest BCUT2D eigenvalue weighted by molar-refractivity contribution is 7.09. The van der Waals surface area contributed by atoms with Crippen LogP contribution in [0.2, 0.25) is 0 Å². The molecule has 2 heteroatoms. The molecule has 0 aliphatic carbocycles. The third kappa shape index (κ3) is 7.35. The van der Waals surface area contributed by atoms with Gasteiger partial charge in [-0.1, -0.05) is 25.0 Å². The van der Waals surface area contributed by atoms with E-state index in [0.717, 1.165) is 38.5 Å². The van der Waals surface area contributed by atoms with Crippen LogP contribution in [-0.2, 0) is 6.42 Å². The fraction of sp³-hybridized carbons (Fsp3) is 0.600. The molecule has 0 spiro atoms. The van der Waals surface area contributed by atoms with Crippen molar-refractivity contribution in [1.82, 2.24) is 0 Å². The molecule has 0 amide bonds. The maximum atomic E-state index is 9.82. The fourth-order valence-corrected chi connectivity index (χ4v) is 2.71. The Balaban J connectivity index is 1.94. The number of rotatable bonds is 10. The van der Waals surface area contributed by atoms with E-state index < -0.39 is 0 Å². The number of hydrogen-bond donors (Lipinski definition) is 1. The van der Waals surface area contributed by atoms with E-state index in [4.69, 9.17) is 0 Å². The first kappa shape index (κ1) is 14.5. The van der Waals surface area contributed by atoms with E-state index in [1.165, 1.54) is 17.7 Å².